The van der Waals surface area contributed by atoms with Crippen molar-refractivity contribution >= 4 is 40.8 Å². The molecule has 35 heavy (non-hydrogen) atoms. The number of rotatable bonds is 8. The van der Waals surface area contributed by atoms with Crippen LogP contribution in [0.15, 0.2) is 54.7 Å². The maximum Gasteiger partial charge on any atom is 0.416 e. The number of pyridine rings is 1. The molecule has 0 saturated carbocycles. The molecule has 6 nitrogen and oxygen atoms in total. The minimum absolute atomic E-state index is 0.0409. The monoisotopic (exact) mass is 549 g/mol. The highest BCUT2D eigenvalue weighted by atomic mass is 35.5. The SMILES string of the molecule is CC(Oc1ccc(Oc2ccc(C(F)(F)F)cc2Cl)cc1)C(=O)OCC(O)c1ncc(Cl)cc1Cl. The van der Waals surface area contributed by atoms with Crippen LogP contribution < -0.4 is 9.47 Å². The van der Waals surface area contributed by atoms with Crippen molar-refractivity contribution in [2.75, 3.05) is 6.61 Å². The highest BCUT2D eigenvalue weighted by Crippen LogP contribution is 2.36. The van der Waals surface area contributed by atoms with Crippen molar-refractivity contribution in [3.05, 3.63) is 81.1 Å². The molecule has 2 unspecified atom stereocenters. The number of alkyl halides is 3. The van der Waals surface area contributed by atoms with E-state index < -0.39 is 36.5 Å². The van der Waals surface area contributed by atoms with Crippen LogP contribution in [0.3, 0.4) is 0 Å². The molecule has 0 radical (unpaired) electrons. The van der Waals surface area contributed by atoms with E-state index >= 15 is 0 Å². The van der Waals surface area contributed by atoms with E-state index in [4.69, 9.17) is 49.0 Å². The number of carbonyl (C=O) groups excluding carboxylic acids is 1. The summed E-state index contributed by atoms with van der Waals surface area (Å²) in [5.41, 5.74) is -0.777. The fourth-order valence-electron chi connectivity index (χ4n) is 2.75. The smallest absolute Gasteiger partial charge is 0.416 e. The van der Waals surface area contributed by atoms with Crippen molar-refractivity contribution in [3.63, 3.8) is 0 Å². The van der Waals surface area contributed by atoms with Gasteiger partial charge >= 0.3 is 12.1 Å². The average molecular weight is 551 g/mol. The molecule has 1 aromatic heterocycles. The fourth-order valence-corrected chi connectivity index (χ4v) is 3.48. The summed E-state index contributed by atoms with van der Waals surface area (Å²) >= 11 is 17.6. The molecule has 0 spiro atoms. The second-order valence-corrected chi connectivity index (χ2v) is 8.39. The summed E-state index contributed by atoms with van der Waals surface area (Å²) in [5, 5.41) is 10.4. The van der Waals surface area contributed by atoms with Crippen molar-refractivity contribution in [2.24, 2.45) is 0 Å². The highest BCUT2D eigenvalue weighted by molar-refractivity contribution is 6.34. The van der Waals surface area contributed by atoms with Gasteiger partial charge in [0.05, 0.1) is 26.3 Å². The quantitative estimate of drug-likeness (QED) is 0.308. The van der Waals surface area contributed by atoms with Crippen LogP contribution in [0.5, 0.6) is 17.2 Å². The Bertz CT molecular complexity index is 1190. The number of halogens is 6. The lowest BCUT2D eigenvalue weighted by molar-refractivity contribution is -0.154. The van der Waals surface area contributed by atoms with Crippen molar-refractivity contribution in [1.82, 2.24) is 4.98 Å². The predicted octanol–water partition coefficient (Wildman–Crippen LogP) is 6.90. The zero-order valence-corrected chi connectivity index (χ0v) is 20.1. The zero-order valence-electron chi connectivity index (χ0n) is 17.9. The van der Waals surface area contributed by atoms with Crippen LogP contribution in [-0.4, -0.2) is 28.8 Å². The average Bonchev–Trinajstić information content (AvgIpc) is 2.79. The summed E-state index contributed by atoms with van der Waals surface area (Å²) in [4.78, 5) is 16.1. The number of hydrogen-bond acceptors (Lipinski definition) is 6. The van der Waals surface area contributed by atoms with Crippen LogP contribution in [0.4, 0.5) is 13.2 Å². The van der Waals surface area contributed by atoms with Gasteiger partial charge in [-0.1, -0.05) is 34.8 Å². The van der Waals surface area contributed by atoms with Crippen molar-refractivity contribution < 1.29 is 37.3 Å². The molecule has 2 atom stereocenters. The van der Waals surface area contributed by atoms with Gasteiger partial charge in [0.2, 0.25) is 0 Å². The van der Waals surface area contributed by atoms with Crippen LogP contribution in [0.1, 0.15) is 24.3 Å². The number of nitrogens with zero attached hydrogens (tertiary/aromatic N) is 1. The van der Waals surface area contributed by atoms with Crippen molar-refractivity contribution in [1.29, 1.82) is 0 Å². The Labute approximate surface area is 213 Å². The number of esters is 1. The van der Waals surface area contributed by atoms with Gasteiger partial charge in [0.25, 0.3) is 0 Å². The lowest BCUT2D eigenvalue weighted by Gasteiger charge is -2.17. The van der Waals surface area contributed by atoms with Crippen LogP contribution >= 0.6 is 34.8 Å². The number of aliphatic hydroxyl groups is 1. The first-order valence-electron chi connectivity index (χ1n) is 9.91. The normalized spacial score (nSPS) is 13.1. The van der Waals surface area contributed by atoms with Gasteiger partial charge in [0.15, 0.2) is 6.10 Å². The topological polar surface area (TPSA) is 77.9 Å². The minimum Gasteiger partial charge on any atom is -0.479 e. The van der Waals surface area contributed by atoms with Gasteiger partial charge in [-0.25, -0.2) is 4.79 Å². The fraction of sp³-hybridized carbons (Fsp3) is 0.217. The Morgan fingerprint density at radius 2 is 1.69 bits per heavy atom. The van der Waals surface area contributed by atoms with Gasteiger partial charge in [0.1, 0.15) is 30.0 Å². The molecule has 3 aromatic rings. The van der Waals surface area contributed by atoms with E-state index in [1.807, 2.05) is 0 Å². The van der Waals surface area contributed by atoms with Crippen LogP contribution in [0, 0.1) is 0 Å². The van der Waals surface area contributed by atoms with E-state index in [0.29, 0.717) is 10.8 Å². The van der Waals surface area contributed by atoms with Gasteiger partial charge in [-0.15, -0.1) is 0 Å². The zero-order chi connectivity index (χ0) is 25.8. The summed E-state index contributed by atoms with van der Waals surface area (Å²) in [6.45, 7) is 1.05. The summed E-state index contributed by atoms with van der Waals surface area (Å²) in [7, 11) is 0. The largest absolute Gasteiger partial charge is 0.479 e. The Morgan fingerprint density at radius 1 is 1.03 bits per heavy atom. The minimum atomic E-state index is -4.52. The lowest BCUT2D eigenvalue weighted by atomic mass is 10.2. The van der Waals surface area contributed by atoms with Gasteiger partial charge in [0, 0.05) is 6.20 Å². The molecule has 1 heterocycles. The molecule has 1 N–H and O–H groups in total. The summed E-state index contributed by atoms with van der Waals surface area (Å²) < 4.78 is 54.4. The van der Waals surface area contributed by atoms with E-state index in [0.717, 1.165) is 18.2 Å². The van der Waals surface area contributed by atoms with E-state index in [2.05, 4.69) is 4.98 Å². The first-order valence-corrected chi connectivity index (χ1v) is 11.0. The molecule has 0 fully saturated rings. The van der Waals surface area contributed by atoms with Gasteiger partial charge < -0.3 is 19.3 Å². The predicted molar refractivity (Wildman–Crippen MR) is 123 cm³/mol. The van der Waals surface area contributed by atoms with E-state index in [1.165, 1.54) is 43.5 Å². The molecule has 0 aliphatic rings. The molecule has 186 valence electrons. The molecule has 0 bridgehead atoms. The molecular formula is C23H17Cl3F3NO5. The number of aromatic nitrogens is 1. The molecule has 0 saturated heterocycles. The first-order chi connectivity index (χ1) is 16.4. The number of aliphatic hydroxyl groups excluding tert-OH is 1. The van der Waals surface area contributed by atoms with Crippen molar-refractivity contribution in [3.8, 4) is 17.2 Å². The number of hydrogen-bond donors (Lipinski definition) is 1. The van der Waals surface area contributed by atoms with Gasteiger partial charge in [-0.3, -0.25) is 4.98 Å². The Balaban J connectivity index is 1.54. The maximum atomic E-state index is 12.8. The van der Waals surface area contributed by atoms with Crippen molar-refractivity contribution in [2.45, 2.75) is 25.3 Å². The van der Waals surface area contributed by atoms with Gasteiger partial charge in [-0.05, 0) is 55.5 Å². The summed E-state index contributed by atoms with van der Waals surface area (Å²) in [5.74, 6) is -0.127. The number of benzene rings is 2. The highest BCUT2D eigenvalue weighted by Gasteiger charge is 2.31. The number of ether oxygens (including phenoxy) is 3. The Kier molecular flexibility index (Phi) is 8.71. The Morgan fingerprint density at radius 3 is 2.29 bits per heavy atom. The second-order valence-electron chi connectivity index (χ2n) is 7.14. The molecule has 2 aromatic carbocycles. The third kappa shape index (κ3) is 7.38. The van der Waals surface area contributed by atoms with Crippen LogP contribution in [0.2, 0.25) is 15.1 Å². The van der Waals surface area contributed by atoms with Crippen LogP contribution in [0.25, 0.3) is 0 Å². The van der Waals surface area contributed by atoms with E-state index in [9.17, 15) is 23.1 Å². The molecule has 0 aliphatic carbocycles. The summed E-state index contributed by atoms with van der Waals surface area (Å²) in [6.07, 6.45) is -5.49. The third-order valence-electron chi connectivity index (χ3n) is 4.49. The lowest BCUT2D eigenvalue weighted by Crippen LogP contribution is -2.27. The standard InChI is InChI=1S/C23H17Cl3F3NO5/c1-12(22(32)33-11-19(31)21-18(26)9-14(24)10-30-21)34-15-3-5-16(6-4-15)35-20-7-2-13(8-17(20)25)23(27,28)29/h2-10,12,19,31H,11H2,1H3. The Hall–Kier alpha value is -2.72. The van der Waals surface area contributed by atoms with E-state index in [-0.39, 0.29) is 27.2 Å². The van der Waals surface area contributed by atoms with Crippen LogP contribution in [-0.2, 0) is 15.7 Å². The number of carbonyl (C=O) groups is 1. The molecular weight excluding hydrogens is 534 g/mol. The summed E-state index contributed by atoms with van der Waals surface area (Å²) in [6, 6.07) is 10.1. The second kappa shape index (κ2) is 11.3. The van der Waals surface area contributed by atoms with Gasteiger partial charge in [-0.2, -0.15) is 13.2 Å². The molecule has 0 amide bonds. The third-order valence-corrected chi connectivity index (χ3v) is 5.30. The molecule has 0 aliphatic heterocycles. The molecule has 12 heteroatoms. The molecule has 3 rings (SSSR count). The maximum absolute atomic E-state index is 12.8. The first kappa shape index (κ1) is 26.9. The van der Waals surface area contributed by atoms with E-state index in [1.54, 1.807) is 0 Å².